The average Bonchev–Trinajstić information content (AvgIpc) is 2.59. The van der Waals surface area contributed by atoms with Gasteiger partial charge in [-0.15, -0.1) is 12.4 Å². The van der Waals surface area contributed by atoms with Crippen LogP contribution in [0.3, 0.4) is 0 Å². The van der Waals surface area contributed by atoms with E-state index in [1.807, 2.05) is 43.4 Å². The van der Waals surface area contributed by atoms with Crippen molar-refractivity contribution in [3.8, 4) is 11.1 Å². The Bertz CT molecular complexity index is 690. The van der Waals surface area contributed by atoms with Crippen molar-refractivity contribution in [2.24, 2.45) is 0 Å². The number of hydrogen-bond acceptors (Lipinski definition) is 2. The topological polar surface area (TPSA) is 41.1 Å². The second-order valence-electron chi connectivity index (χ2n) is 5.68. The zero-order chi connectivity index (χ0) is 17.5. The molecule has 136 valence electrons. The second kappa shape index (κ2) is 10.7. The zero-order valence-electron chi connectivity index (χ0n) is 14.3. The first-order valence-electron chi connectivity index (χ1n) is 8.08. The molecular formula is C19H23Cl3N2O. The molecule has 3 nitrogen and oxygen atoms in total. The standard InChI is InChI=1S/C19H22Cl2N2O.ClH/c1-3-4-5-18(22-2)19(24)23-15-9-6-13(7-10-15)14-8-11-16(20)17(21)12-14;/h6-12,18,22H,3-5H2,1-2H3,(H,23,24);1H/t18-;/m0./s1. The molecule has 1 atom stereocenters. The van der Waals surface area contributed by atoms with E-state index >= 15 is 0 Å². The van der Waals surface area contributed by atoms with Gasteiger partial charge in [0.2, 0.25) is 5.91 Å². The number of hydrogen-bond donors (Lipinski definition) is 2. The van der Waals surface area contributed by atoms with Crippen LogP contribution in [0.25, 0.3) is 11.1 Å². The van der Waals surface area contributed by atoms with Crippen molar-refractivity contribution < 1.29 is 4.79 Å². The molecule has 25 heavy (non-hydrogen) atoms. The molecule has 2 rings (SSSR count). The van der Waals surface area contributed by atoms with Crippen LogP contribution in [0.2, 0.25) is 10.0 Å². The van der Waals surface area contributed by atoms with Crippen LogP contribution < -0.4 is 10.6 Å². The minimum absolute atomic E-state index is 0. The summed E-state index contributed by atoms with van der Waals surface area (Å²) >= 11 is 12.0. The van der Waals surface area contributed by atoms with Crippen molar-refractivity contribution in [2.45, 2.75) is 32.2 Å². The lowest BCUT2D eigenvalue weighted by Gasteiger charge is -2.16. The predicted molar refractivity (Wildman–Crippen MR) is 110 cm³/mol. The SMILES string of the molecule is CCCC[C@H](NC)C(=O)Nc1ccc(-c2ccc(Cl)c(Cl)c2)cc1.Cl. The maximum Gasteiger partial charge on any atom is 0.241 e. The molecule has 0 saturated carbocycles. The lowest BCUT2D eigenvalue weighted by molar-refractivity contribution is -0.118. The first-order valence-corrected chi connectivity index (χ1v) is 8.84. The summed E-state index contributed by atoms with van der Waals surface area (Å²) < 4.78 is 0. The van der Waals surface area contributed by atoms with Crippen LogP contribution in [0.5, 0.6) is 0 Å². The van der Waals surface area contributed by atoms with Crippen LogP contribution in [-0.2, 0) is 4.79 Å². The Morgan fingerprint density at radius 2 is 1.68 bits per heavy atom. The van der Waals surface area contributed by atoms with Gasteiger partial charge in [0, 0.05) is 5.69 Å². The van der Waals surface area contributed by atoms with E-state index in [4.69, 9.17) is 23.2 Å². The molecule has 2 N–H and O–H groups in total. The lowest BCUT2D eigenvalue weighted by Crippen LogP contribution is -2.38. The molecular weight excluding hydrogens is 379 g/mol. The number of anilines is 1. The monoisotopic (exact) mass is 400 g/mol. The van der Waals surface area contributed by atoms with E-state index in [-0.39, 0.29) is 24.4 Å². The van der Waals surface area contributed by atoms with Crippen molar-refractivity contribution in [3.63, 3.8) is 0 Å². The fourth-order valence-electron chi connectivity index (χ4n) is 2.47. The summed E-state index contributed by atoms with van der Waals surface area (Å²) in [4.78, 5) is 12.3. The van der Waals surface area contributed by atoms with Gasteiger partial charge in [0.05, 0.1) is 16.1 Å². The molecule has 2 aromatic rings. The van der Waals surface area contributed by atoms with Gasteiger partial charge in [0.15, 0.2) is 0 Å². The van der Waals surface area contributed by atoms with Crippen molar-refractivity contribution in [1.82, 2.24) is 5.32 Å². The number of carbonyl (C=O) groups excluding carboxylic acids is 1. The maximum atomic E-state index is 12.3. The number of nitrogens with one attached hydrogen (secondary N) is 2. The minimum atomic E-state index is -0.167. The number of likely N-dealkylation sites (N-methyl/N-ethyl adjacent to an activating group) is 1. The van der Waals surface area contributed by atoms with E-state index < -0.39 is 0 Å². The van der Waals surface area contributed by atoms with Crippen LogP contribution in [0.15, 0.2) is 42.5 Å². The third-order valence-corrected chi connectivity index (χ3v) is 4.66. The largest absolute Gasteiger partial charge is 0.325 e. The maximum absolute atomic E-state index is 12.3. The van der Waals surface area contributed by atoms with Crippen molar-refractivity contribution in [3.05, 3.63) is 52.5 Å². The van der Waals surface area contributed by atoms with Gasteiger partial charge < -0.3 is 10.6 Å². The molecule has 0 aromatic heterocycles. The third-order valence-electron chi connectivity index (χ3n) is 3.92. The van der Waals surface area contributed by atoms with Gasteiger partial charge in [-0.2, -0.15) is 0 Å². The average molecular weight is 402 g/mol. The molecule has 2 aromatic carbocycles. The van der Waals surface area contributed by atoms with Gasteiger partial charge in [0.1, 0.15) is 0 Å². The normalized spacial score (nSPS) is 11.5. The molecule has 0 fully saturated rings. The first kappa shape index (κ1) is 21.8. The first-order chi connectivity index (χ1) is 11.5. The van der Waals surface area contributed by atoms with Crippen LogP contribution >= 0.6 is 35.6 Å². The summed E-state index contributed by atoms with van der Waals surface area (Å²) in [5.41, 5.74) is 2.78. The Hall–Kier alpha value is -1.26. The number of carbonyl (C=O) groups is 1. The minimum Gasteiger partial charge on any atom is -0.325 e. The van der Waals surface area contributed by atoms with E-state index in [0.717, 1.165) is 36.1 Å². The van der Waals surface area contributed by atoms with E-state index in [0.29, 0.717) is 10.0 Å². The second-order valence-corrected chi connectivity index (χ2v) is 6.49. The fraction of sp³-hybridized carbons (Fsp3) is 0.316. The predicted octanol–water partition coefficient (Wildman–Crippen LogP) is 5.80. The molecule has 0 bridgehead atoms. The molecule has 0 unspecified atom stereocenters. The molecule has 0 radical (unpaired) electrons. The summed E-state index contributed by atoms with van der Waals surface area (Å²) in [5, 5.41) is 7.08. The highest BCUT2D eigenvalue weighted by Crippen LogP contribution is 2.29. The number of halogens is 3. The van der Waals surface area contributed by atoms with E-state index in [1.165, 1.54) is 0 Å². The Labute approximate surface area is 165 Å². The molecule has 1 amide bonds. The Morgan fingerprint density at radius 1 is 1.04 bits per heavy atom. The van der Waals surface area contributed by atoms with Gasteiger partial charge in [-0.25, -0.2) is 0 Å². The highest BCUT2D eigenvalue weighted by atomic mass is 35.5. The number of unbranched alkanes of at least 4 members (excludes halogenated alkanes) is 1. The fourth-order valence-corrected chi connectivity index (χ4v) is 2.76. The van der Waals surface area contributed by atoms with Gasteiger partial charge in [0.25, 0.3) is 0 Å². The van der Waals surface area contributed by atoms with Crippen molar-refractivity contribution >= 4 is 47.2 Å². The molecule has 0 heterocycles. The smallest absolute Gasteiger partial charge is 0.241 e. The van der Waals surface area contributed by atoms with Crippen molar-refractivity contribution in [2.75, 3.05) is 12.4 Å². The number of rotatable bonds is 7. The zero-order valence-corrected chi connectivity index (χ0v) is 16.6. The van der Waals surface area contributed by atoms with Crippen LogP contribution in [0.1, 0.15) is 26.2 Å². The highest BCUT2D eigenvalue weighted by Gasteiger charge is 2.15. The number of benzene rings is 2. The van der Waals surface area contributed by atoms with Gasteiger partial charge in [-0.05, 0) is 48.9 Å². The van der Waals surface area contributed by atoms with Crippen LogP contribution in [0, 0.1) is 0 Å². The molecule has 0 aliphatic rings. The summed E-state index contributed by atoms with van der Waals surface area (Å²) in [7, 11) is 1.81. The summed E-state index contributed by atoms with van der Waals surface area (Å²) in [6, 6.07) is 13.1. The Morgan fingerprint density at radius 3 is 2.24 bits per heavy atom. The van der Waals surface area contributed by atoms with Gasteiger partial charge in [-0.3, -0.25) is 4.79 Å². The van der Waals surface area contributed by atoms with E-state index in [9.17, 15) is 4.79 Å². The lowest BCUT2D eigenvalue weighted by atomic mass is 10.1. The third kappa shape index (κ3) is 6.19. The van der Waals surface area contributed by atoms with E-state index in [2.05, 4.69) is 17.6 Å². The van der Waals surface area contributed by atoms with Crippen LogP contribution in [0.4, 0.5) is 5.69 Å². The summed E-state index contributed by atoms with van der Waals surface area (Å²) in [6.45, 7) is 2.12. The molecule has 0 aliphatic carbocycles. The van der Waals surface area contributed by atoms with Gasteiger partial charge >= 0.3 is 0 Å². The van der Waals surface area contributed by atoms with Crippen molar-refractivity contribution in [1.29, 1.82) is 0 Å². The molecule has 0 spiro atoms. The van der Waals surface area contributed by atoms with Crippen LogP contribution in [-0.4, -0.2) is 19.0 Å². The Kier molecular flexibility index (Phi) is 9.30. The Balaban J connectivity index is 0.00000312. The molecule has 6 heteroatoms. The van der Waals surface area contributed by atoms with Gasteiger partial charge in [-0.1, -0.05) is 61.2 Å². The molecule has 0 saturated heterocycles. The molecule has 0 aliphatic heterocycles. The number of amides is 1. The summed E-state index contributed by atoms with van der Waals surface area (Å²) in [5.74, 6) is -0.00626. The highest BCUT2D eigenvalue weighted by molar-refractivity contribution is 6.42. The quantitative estimate of drug-likeness (QED) is 0.615. The van der Waals surface area contributed by atoms with E-state index in [1.54, 1.807) is 6.07 Å². The summed E-state index contributed by atoms with van der Waals surface area (Å²) in [6.07, 6.45) is 2.93.